The number of H-pyrrole nitrogens is 1. The maximum Gasteiger partial charge on any atom is 0.255 e. The Bertz CT molecular complexity index is 1260. The molecule has 1 saturated heterocycles. The molecule has 5 rings (SSSR count). The van der Waals surface area contributed by atoms with Crippen molar-refractivity contribution in [3.05, 3.63) is 30.2 Å². The standard InChI is InChI=1S/C24H27N5O6/c1-3-8-33-16-4-5-17-23(35-13-34-17)19(16)21-22-20(26-12-27-21)15(9-25-22)24(31)28-14-6-7-29(10-14)18(30)11-32-2/h4-5,9,12,14,25H,3,6-8,10-11,13H2,1-2H3,(H,28,31)/t14-/m1/s1. The SMILES string of the molecule is CCCOc1ccc2c(c1-c1ncnc3c(C(=O)N[C@@H]4CCN(C(=O)COC)C4)c[nH]c13)OCO2. The average molecular weight is 482 g/mol. The number of hydrogen-bond acceptors (Lipinski definition) is 8. The van der Waals surface area contributed by atoms with E-state index in [1.807, 2.05) is 19.1 Å². The van der Waals surface area contributed by atoms with Crippen LogP contribution in [0.15, 0.2) is 24.7 Å². The van der Waals surface area contributed by atoms with Gasteiger partial charge in [-0.1, -0.05) is 6.92 Å². The lowest BCUT2D eigenvalue weighted by atomic mass is 10.1. The summed E-state index contributed by atoms with van der Waals surface area (Å²) in [7, 11) is 1.49. The Labute approximate surface area is 201 Å². The Kier molecular flexibility index (Phi) is 6.41. The molecule has 0 unspecified atom stereocenters. The van der Waals surface area contributed by atoms with Gasteiger partial charge < -0.3 is 34.1 Å². The summed E-state index contributed by atoms with van der Waals surface area (Å²) in [5.41, 5.74) is 2.67. The summed E-state index contributed by atoms with van der Waals surface area (Å²) in [4.78, 5) is 38.9. The number of rotatable bonds is 8. The lowest BCUT2D eigenvalue weighted by Crippen LogP contribution is -2.39. The van der Waals surface area contributed by atoms with Gasteiger partial charge in [0.2, 0.25) is 12.7 Å². The Morgan fingerprint density at radius 2 is 2.17 bits per heavy atom. The van der Waals surface area contributed by atoms with Gasteiger partial charge in [0.25, 0.3) is 5.91 Å². The summed E-state index contributed by atoms with van der Waals surface area (Å²) in [5, 5.41) is 3.02. The third-order valence-corrected chi connectivity index (χ3v) is 6.05. The van der Waals surface area contributed by atoms with Crippen LogP contribution >= 0.6 is 0 Å². The second-order valence-electron chi connectivity index (χ2n) is 8.40. The van der Waals surface area contributed by atoms with Crippen molar-refractivity contribution in [3.8, 4) is 28.5 Å². The first-order chi connectivity index (χ1) is 17.1. The van der Waals surface area contributed by atoms with Crippen LogP contribution in [0.1, 0.15) is 30.1 Å². The highest BCUT2D eigenvalue weighted by Gasteiger charge is 2.30. The smallest absolute Gasteiger partial charge is 0.255 e. The monoisotopic (exact) mass is 481 g/mol. The lowest BCUT2D eigenvalue weighted by Gasteiger charge is -2.16. The van der Waals surface area contributed by atoms with Crippen molar-refractivity contribution >= 4 is 22.8 Å². The number of hydrogen-bond donors (Lipinski definition) is 2. The average Bonchev–Trinajstić information content (AvgIpc) is 3.61. The van der Waals surface area contributed by atoms with Crippen LogP contribution in [0.5, 0.6) is 17.2 Å². The van der Waals surface area contributed by atoms with E-state index in [0.717, 1.165) is 6.42 Å². The molecule has 2 aliphatic rings. The van der Waals surface area contributed by atoms with Gasteiger partial charge in [0.15, 0.2) is 11.5 Å². The van der Waals surface area contributed by atoms with E-state index >= 15 is 0 Å². The van der Waals surface area contributed by atoms with E-state index in [0.29, 0.717) is 71.2 Å². The quantitative estimate of drug-likeness (QED) is 0.501. The molecule has 0 bridgehead atoms. The molecule has 3 aromatic rings. The van der Waals surface area contributed by atoms with Crippen LogP contribution < -0.4 is 19.5 Å². The molecule has 4 heterocycles. The molecule has 184 valence electrons. The number of aromatic amines is 1. The van der Waals surface area contributed by atoms with E-state index in [1.165, 1.54) is 13.4 Å². The first kappa shape index (κ1) is 22.9. The third kappa shape index (κ3) is 4.34. The molecule has 1 aromatic carbocycles. The van der Waals surface area contributed by atoms with Crippen LogP contribution in [0.25, 0.3) is 22.3 Å². The summed E-state index contributed by atoms with van der Waals surface area (Å²) < 4.78 is 22.2. The number of carbonyl (C=O) groups is 2. The summed E-state index contributed by atoms with van der Waals surface area (Å²) >= 11 is 0. The molecular formula is C24H27N5O6. The van der Waals surface area contributed by atoms with Crippen molar-refractivity contribution in [1.82, 2.24) is 25.2 Å². The van der Waals surface area contributed by atoms with Crippen LogP contribution in [-0.2, 0) is 9.53 Å². The Morgan fingerprint density at radius 1 is 1.29 bits per heavy atom. The van der Waals surface area contributed by atoms with Crippen LogP contribution in [0.4, 0.5) is 0 Å². The molecule has 0 radical (unpaired) electrons. The molecule has 1 fully saturated rings. The maximum atomic E-state index is 13.1. The minimum atomic E-state index is -0.271. The van der Waals surface area contributed by atoms with Crippen molar-refractivity contribution in [1.29, 1.82) is 0 Å². The molecule has 2 aliphatic heterocycles. The summed E-state index contributed by atoms with van der Waals surface area (Å²) in [6.07, 6.45) is 4.56. The largest absolute Gasteiger partial charge is 0.493 e. The number of nitrogens with one attached hydrogen (secondary N) is 2. The topological polar surface area (TPSA) is 128 Å². The number of aromatic nitrogens is 3. The summed E-state index contributed by atoms with van der Waals surface area (Å²) in [6.45, 7) is 3.73. The molecule has 2 aromatic heterocycles. The minimum Gasteiger partial charge on any atom is -0.493 e. The van der Waals surface area contributed by atoms with Gasteiger partial charge in [0.1, 0.15) is 29.9 Å². The number of fused-ring (bicyclic) bond motifs is 2. The maximum absolute atomic E-state index is 13.1. The highest BCUT2D eigenvalue weighted by Crippen LogP contribution is 2.47. The number of benzene rings is 1. The molecule has 0 saturated carbocycles. The Hall–Kier alpha value is -3.86. The van der Waals surface area contributed by atoms with Crippen LogP contribution in [-0.4, -0.2) is 77.9 Å². The van der Waals surface area contributed by atoms with E-state index in [9.17, 15) is 9.59 Å². The van der Waals surface area contributed by atoms with Gasteiger partial charge in [-0.25, -0.2) is 9.97 Å². The van der Waals surface area contributed by atoms with Crippen molar-refractivity contribution in [2.24, 2.45) is 0 Å². The molecule has 2 amide bonds. The molecule has 0 aliphatic carbocycles. The molecule has 0 spiro atoms. The van der Waals surface area contributed by atoms with Crippen molar-refractivity contribution in [2.75, 3.05) is 40.2 Å². The van der Waals surface area contributed by atoms with Gasteiger partial charge in [-0.15, -0.1) is 0 Å². The second kappa shape index (κ2) is 9.79. The molecule has 11 heteroatoms. The van der Waals surface area contributed by atoms with Crippen molar-refractivity contribution < 1.29 is 28.5 Å². The van der Waals surface area contributed by atoms with E-state index < -0.39 is 0 Å². The minimum absolute atomic E-state index is 0.0325. The molecule has 35 heavy (non-hydrogen) atoms. The van der Waals surface area contributed by atoms with E-state index in [1.54, 1.807) is 11.1 Å². The third-order valence-electron chi connectivity index (χ3n) is 6.05. The summed E-state index contributed by atoms with van der Waals surface area (Å²) in [5.74, 6) is 1.41. The normalized spacial score (nSPS) is 16.6. The molecule has 2 N–H and O–H groups in total. The van der Waals surface area contributed by atoms with Gasteiger partial charge in [-0.05, 0) is 25.0 Å². The van der Waals surface area contributed by atoms with E-state index in [-0.39, 0.29) is 31.3 Å². The zero-order valence-electron chi connectivity index (χ0n) is 19.6. The first-order valence-electron chi connectivity index (χ1n) is 11.6. The van der Waals surface area contributed by atoms with E-state index in [2.05, 4.69) is 20.3 Å². The van der Waals surface area contributed by atoms with Gasteiger partial charge in [0, 0.05) is 32.4 Å². The predicted octanol–water partition coefficient (Wildman–Crippen LogP) is 2.12. The number of ether oxygens (including phenoxy) is 4. The highest BCUT2D eigenvalue weighted by atomic mass is 16.7. The van der Waals surface area contributed by atoms with Crippen molar-refractivity contribution in [2.45, 2.75) is 25.8 Å². The molecular weight excluding hydrogens is 454 g/mol. The first-order valence-corrected chi connectivity index (χ1v) is 11.6. The number of carbonyl (C=O) groups excluding carboxylic acids is 2. The zero-order chi connectivity index (χ0) is 24.4. The van der Waals surface area contributed by atoms with Gasteiger partial charge in [-0.3, -0.25) is 9.59 Å². The van der Waals surface area contributed by atoms with Crippen molar-refractivity contribution in [3.63, 3.8) is 0 Å². The Morgan fingerprint density at radius 3 is 3.00 bits per heavy atom. The fourth-order valence-corrected chi connectivity index (χ4v) is 4.40. The number of methoxy groups -OCH3 is 1. The van der Waals surface area contributed by atoms with Gasteiger partial charge in [0.05, 0.1) is 23.3 Å². The van der Waals surface area contributed by atoms with Gasteiger partial charge in [-0.2, -0.15) is 0 Å². The summed E-state index contributed by atoms with van der Waals surface area (Å²) in [6, 6.07) is 3.50. The molecule has 1 atom stereocenters. The van der Waals surface area contributed by atoms with Crippen LogP contribution in [0.3, 0.4) is 0 Å². The zero-order valence-corrected chi connectivity index (χ0v) is 19.6. The number of amides is 2. The fraction of sp³-hybridized carbons (Fsp3) is 0.417. The molecule has 11 nitrogen and oxygen atoms in total. The van der Waals surface area contributed by atoms with Crippen LogP contribution in [0.2, 0.25) is 0 Å². The Balaban J connectivity index is 1.44. The van der Waals surface area contributed by atoms with Gasteiger partial charge >= 0.3 is 0 Å². The lowest BCUT2D eigenvalue weighted by molar-refractivity contribution is -0.134. The highest BCUT2D eigenvalue weighted by molar-refractivity contribution is 6.08. The number of nitrogens with zero attached hydrogens (tertiary/aromatic N) is 3. The number of likely N-dealkylation sites (tertiary alicyclic amines) is 1. The second-order valence-corrected chi connectivity index (χ2v) is 8.40. The van der Waals surface area contributed by atoms with E-state index in [4.69, 9.17) is 18.9 Å². The predicted molar refractivity (Wildman–Crippen MR) is 126 cm³/mol. The fourth-order valence-electron chi connectivity index (χ4n) is 4.40. The van der Waals surface area contributed by atoms with Crippen LogP contribution in [0, 0.1) is 0 Å².